The Morgan fingerprint density at radius 1 is 1.00 bits per heavy atom. The molecule has 0 aliphatic carbocycles. The van der Waals surface area contributed by atoms with Crippen molar-refractivity contribution in [1.82, 2.24) is 4.31 Å². The van der Waals surface area contributed by atoms with Crippen molar-refractivity contribution in [2.75, 3.05) is 38.2 Å². The molecule has 0 atom stereocenters. The summed E-state index contributed by atoms with van der Waals surface area (Å²) in [6.07, 6.45) is 0. The van der Waals surface area contributed by atoms with E-state index in [-0.39, 0.29) is 10.5 Å². The van der Waals surface area contributed by atoms with Crippen molar-refractivity contribution in [3.63, 3.8) is 0 Å². The number of nitrogens with zero attached hydrogens (tertiary/aromatic N) is 3. The first-order chi connectivity index (χ1) is 12.1. The van der Waals surface area contributed by atoms with Crippen molar-refractivity contribution < 1.29 is 13.2 Å². The second-order valence-corrected chi connectivity index (χ2v) is 7.58. The minimum atomic E-state index is -3.67. The first-order valence-electron chi connectivity index (χ1n) is 7.95. The summed E-state index contributed by atoms with van der Waals surface area (Å²) < 4.78 is 32.6. The number of methoxy groups -OCH3 is 1. The molecule has 2 aromatic carbocycles. The molecule has 25 heavy (non-hydrogen) atoms. The van der Waals surface area contributed by atoms with Gasteiger partial charge in [0.15, 0.2) is 0 Å². The second-order valence-electron chi connectivity index (χ2n) is 5.67. The lowest BCUT2D eigenvalue weighted by atomic mass is 10.2. The van der Waals surface area contributed by atoms with Crippen molar-refractivity contribution in [2.45, 2.75) is 4.90 Å². The van der Waals surface area contributed by atoms with Crippen LogP contribution >= 0.6 is 0 Å². The van der Waals surface area contributed by atoms with Gasteiger partial charge in [-0.2, -0.15) is 9.57 Å². The van der Waals surface area contributed by atoms with Gasteiger partial charge in [0, 0.05) is 26.2 Å². The fourth-order valence-electron chi connectivity index (χ4n) is 2.98. The van der Waals surface area contributed by atoms with Crippen LogP contribution in [0, 0.1) is 11.3 Å². The molecular formula is C18H19N3O3S. The number of benzene rings is 2. The molecular weight excluding hydrogens is 338 g/mol. The Morgan fingerprint density at radius 2 is 1.64 bits per heavy atom. The van der Waals surface area contributed by atoms with Crippen molar-refractivity contribution in [3.8, 4) is 11.8 Å². The lowest BCUT2D eigenvalue weighted by molar-refractivity contribution is 0.378. The minimum Gasteiger partial charge on any atom is -0.495 e. The number of hydrogen-bond donors (Lipinski definition) is 0. The van der Waals surface area contributed by atoms with Crippen molar-refractivity contribution >= 4 is 15.7 Å². The SMILES string of the molecule is COc1ccccc1N1CCN(S(=O)(=O)c2ccccc2C#N)CC1. The normalized spacial score (nSPS) is 15.6. The molecule has 0 saturated carbocycles. The average molecular weight is 357 g/mol. The van der Waals surface area contributed by atoms with Crippen LogP contribution in [0.5, 0.6) is 5.75 Å². The van der Waals surface area contributed by atoms with E-state index >= 15 is 0 Å². The molecule has 1 heterocycles. The highest BCUT2D eigenvalue weighted by atomic mass is 32.2. The maximum absolute atomic E-state index is 12.9. The van der Waals surface area contributed by atoms with Crippen LogP contribution in [0.4, 0.5) is 5.69 Å². The molecule has 3 rings (SSSR count). The summed E-state index contributed by atoms with van der Waals surface area (Å²) in [7, 11) is -2.05. The molecule has 0 spiro atoms. The molecule has 1 aliphatic rings. The van der Waals surface area contributed by atoms with Crippen molar-refractivity contribution in [1.29, 1.82) is 5.26 Å². The van der Waals surface area contributed by atoms with Crippen LogP contribution in [0.3, 0.4) is 0 Å². The summed E-state index contributed by atoms with van der Waals surface area (Å²) in [5.41, 5.74) is 1.13. The molecule has 0 radical (unpaired) electrons. The highest BCUT2D eigenvalue weighted by Gasteiger charge is 2.30. The molecule has 1 aliphatic heterocycles. The number of para-hydroxylation sites is 2. The van der Waals surface area contributed by atoms with Gasteiger partial charge in [-0.15, -0.1) is 0 Å². The van der Waals surface area contributed by atoms with Gasteiger partial charge in [0.05, 0.1) is 23.3 Å². The van der Waals surface area contributed by atoms with Crippen LogP contribution in [0.15, 0.2) is 53.4 Å². The van der Waals surface area contributed by atoms with E-state index in [4.69, 9.17) is 4.74 Å². The zero-order valence-corrected chi connectivity index (χ0v) is 14.7. The number of ether oxygens (including phenoxy) is 1. The summed E-state index contributed by atoms with van der Waals surface area (Å²) in [5, 5.41) is 9.17. The molecule has 0 aromatic heterocycles. The fourth-order valence-corrected chi connectivity index (χ4v) is 4.55. The number of rotatable bonds is 4. The summed E-state index contributed by atoms with van der Waals surface area (Å²) in [6, 6.07) is 16.0. The van der Waals surface area contributed by atoms with E-state index in [9.17, 15) is 13.7 Å². The van der Waals surface area contributed by atoms with Crippen molar-refractivity contribution in [3.05, 3.63) is 54.1 Å². The van der Waals surface area contributed by atoms with Crippen LogP contribution in [0.1, 0.15) is 5.56 Å². The number of hydrogen-bond acceptors (Lipinski definition) is 5. The smallest absolute Gasteiger partial charge is 0.244 e. The summed E-state index contributed by atoms with van der Waals surface area (Å²) in [4.78, 5) is 2.18. The Balaban J connectivity index is 1.79. The molecule has 0 N–H and O–H groups in total. The maximum Gasteiger partial charge on any atom is 0.244 e. The molecule has 7 heteroatoms. The Morgan fingerprint density at radius 3 is 2.32 bits per heavy atom. The molecule has 2 aromatic rings. The Hall–Kier alpha value is -2.56. The summed E-state index contributed by atoms with van der Waals surface area (Å²) >= 11 is 0. The number of piperazine rings is 1. The van der Waals surface area contributed by atoms with Crippen LogP contribution in [-0.2, 0) is 10.0 Å². The first-order valence-corrected chi connectivity index (χ1v) is 9.39. The molecule has 1 saturated heterocycles. The number of sulfonamides is 1. The quantitative estimate of drug-likeness (QED) is 0.838. The Labute approximate surface area is 147 Å². The molecule has 0 amide bonds. The van der Waals surface area contributed by atoms with E-state index in [1.807, 2.05) is 30.3 Å². The van der Waals surface area contributed by atoms with E-state index in [0.717, 1.165) is 11.4 Å². The van der Waals surface area contributed by atoms with E-state index in [0.29, 0.717) is 26.2 Å². The van der Waals surface area contributed by atoms with E-state index in [2.05, 4.69) is 4.90 Å². The largest absolute Gasteiger partial charge is 0.495 e. The van der Waals surface area contributed by atoms with E-state index < -0.39 is 10.0 Å². The highest BCUT2D eigenvalue weighted by molar-refractivity contribution is 7.89. The van der Waals surface area contributed by atoms with E-state index in [1.165, 1.54) is 16.4 Å². The monoisotopic (exact) mass is 357 g/mol. The van der Waals surface area contributed by atoms with E-state index in [1.54, 1.807) is 19.2 Å². The van der Waals surface area contributed by atoms with Crippen LogP contribution in [0.2, 0.25) is 0 Å². The molecule has 0 bridgehead atoms. The molecule has 1 fully saturated rings. The maximum atomic E-state index is 12.9. The van der Waals surface area contributed by atoms with Crippen LogP contribution < -0.4 is 9.64 Å². The zero-order chi connectivity index (χ0) is 17.9. The van der Waals surface area contributed by atoms with Gasteiger partial charge in [-0.1, -0.05) is 24.3 Å². The van der Waals surface area contributed by atoms with Gasteiger partial charge in [0.1, 0.15) is 11.8 Å². The fraction of sp³-hybridized carbons (Fsp3) is 0.278. The zero-order valence-electron chi connectivity index (χ0n) is 13.9. The lowest BCUT2D eigenvalue weighted by Gasteiger charge is -2.36. The van der Waals surface area contributed by atoms with Gasteiger partial charge in [-0.25, -0.2) is 8.42 Å². The third kappa shape index (κ3) is 3.31. The molecule has 130 valence electrons. The average Bonchev–Trinajstić information content (AvgIpc) is 2.68. The number of anilines is 1. The number of nitriles is 1. The second kappa shape index (κ2) is 7.13. The van der Waals surface area contributed by atoms with Gasteiger partial charge in [0.2, 0.25) is 10.0 Å². The first kappa shape index (κ1) is 17.3. The lowest BCUT2D eigenvalue weighted by Crippen LogP contribution is -2.48. The van der Waals surface area contributed by atoms with Crippen LogP contribution in [0.25, 0.3) is 0 Å². The van der Waals surface area contributed by atoms with Gasteiger partial charge in [-0.05, 0) is 24.3 Å². The third-order valence-electron chi connectivity index (χ3n) is 4.29. The van der Waals surface area contributed by atoms with Crippen molar-refractivity contribution in [2.24, 2.45) is 0 Å². The Kier molecular flexibility index (Phi) is 4.93. The molecule has 6 nitrogen and oxygen atoms in total. The minimum absolute atomic E-state index is 0.0724. The summed E-state index contributed by atoms with van der Waals surface area (Å²) in [5.74, 6) is 0.772. The van der Waals surface area contributed by atoms with Gasteiger partial charge >= 0.3 is 0 Å². The van der Waals surface area contributed by atoms with Gasteiger partial charge in [-0.3, -0.25) is 0 Å². The molecule has 0 unspecified atom stereocenters. The third-order valence-corrected chi connectivity index (χ3v) is 6.25. The standard InChI is InChI=1S/C18H19N3O3S/c1-24-17-8-4-3-7-16(17)20-10-12-21(13-11-20)25(22,23)18-9-5-2-6-15(18)14-19/h2-9H,10-13H2,1H3. The predicted molar refractivity (Wildman–Crippen MR) is 95.1 cm³/mol. The van der Waals surface area contributed by atoms with Gasteiger partial charge < -0.3 is 9.64 Å². The van der Waals surface area contributed by atoms with Crippen LogP contribution in [-0.4, -0.2) is 46.0 Å². The van der Waals surface area contributed by atoms with Gasteiger partial charge in [0.25, 0.3) is 0 Å². The topological polar surface area (TPSA) is 73.6 Å². The summed E-state index contributed by atoms with van der Waals surface area (Å²) in [6.45, 7) is 1.85. The highest BCUT2D eigenvalue weighted by Crippen LogP contribution is 2.29. The Bertz CT molecular complexity index is 898. The predicted octanol–water partition coefficient (Wildman–Crippen LogP) is 2.08.